The van der Waals surface area contributed by atoms with Gasteiger partial charge >= 0.3 is 0 Å². The SMILES string of the molecule is CCOc1cc(C(=O)Nc2ccc(C[NH+]3CCCC3)cc2)cc(OCC)c1OCC. The Bertz CT molecular complexity index is 803. The van der Waals surface area contributed by atoms with Crippen molar-refractivity contribution in [3.8, 4) is 17.2 Å². The van der Waals surface area contributed by atoms with Crippen molar-refractivity contribution < 1.29 is 23.9 Å². The molecule has 6 heteroatoms. The van der Waals surface area contributed by atoms with E-state index in [1.54, 1.807) is 17.0 Å². The van der Waals surface area contributed by atoms with Crippen LogP contribution in [0.1, 0.15) is 49.5 Å². The van der Waals surface area contributed by atoms with Crippen molar-refractivity contribution in [3.63, 3.8) is 0 Å². The summed E-state index contributed by atoms with van der Waals surface area (Å²) in [5, 5.41) is 2.97. The minimum absolute atomic E-state index is 0.210. The third kappa shape index (κ3) is 5.66. The van der Waals surface area contributed by atoms with Crippen LogP contribution in [0.4, 0.5) is 5.69 Å². The van der Waals surface area contributed by atoms with Crippen molar-refractivity contribution in [1.29, 1.82) is 0 Å². The molecule has 1 heterocycles. The maximum Gasteiger partial charge on any atom is 0.255 e. The van der Waals surface area contributed by atoms with Gasteiger partial charge < -0.3 is 24.4 Å². The summed E-state index contributed by atoms with van der Waals surface area (Å²) in [7, 11) is 0. The third-order valence-electron chi connectivity index (χ3n) is 5.15. The average molecular weight is 414 g/mol. The van der Waals surface area contributed by atoms with Gasteiger partial charge in [0.25, 0.3) is 5.91 Å². The van der Waals surface area contributed by atoms with Gasteiger partial charge in [0, 0.05) is 29.7 Å². The van der Waals surface area contributed by atoms with Crippen LogP contribution in [0.2, 0.25) is 0 Å². The van der Waals surface area contributed by atoms with Gasteiger partial charge in [0.1, 0.15) is 6.54 Å². The lowest BCUT2D eigenvalue weighted by atomic mass is 10.1. The summed E-state index contributed by atoms with van der Waals surface area (Å²) in [4.78, 5) is 14.5. The first-order chi connectivity index (χ1) is 14.6. The van der Waals surface area contributed by atoms with E-state index in [0.717, 1.165) is 12.2 Å². The van der Waals surface area contributed by atoms with Crippen LogP contribution in [0.3, 0.4) is 0 Å². The zero-order valence-electron chi connectivity index (χ0n) is 18.3. The topological polar surface area (TPSA) is 61.2 Å². The smallest absolute Gasteiger partial charge is 0.255 e. The summed E-state index contributed by atoms with van der Waals surface area (Å²) in [5.41, 5.74) is 2.53. The van der Waals surface area contributed by atoms with Gasteiger partial charge in [-0.05, 0) is 45.0 Å². The standard InChI is InChI=1S/C24H32N2O4/c1-4-28-21-15-19(16-22(29-5-2)23(21)30-6-3)24(27)25-20-11-9-18(10-12-20)17-26-13-7-8-14-26/h9-12,15-16H,4-8,13-14,17H2,1-3H3,(H,25,27)/p+1. The van der Waals surface area contributed by atoms with E-state index in [9.17, 15) is 4.79 Å². The number of hydrogen-bond acceptors (Lipinski definition) is 4. The Hall–Kier alpha value is -2.73. The predicted molar refractivity (Wildman–Crippen MR) is 118 cm³/mol. The molecule has 162 valence electrons. The van der Waals surface area contributed by atoms with Gasteiger partial charge in [-0.1, -0.05) is 12.1 Å². The normalized spacial score (nSPS) is 13.8. The van der Waals surface area contributed by atoms with Crippen LogP contribution in [0.15, 0.2) is 36.4 Å². The number of hydrogen-bond donors (Lipinski definition) is 2. The first-order valence-electron chi connectivity index (χ1n) is 10.9. The van der Waals surface area contributed by atoms with Crippen molar-refractivity contribution in [3.05, 3.63) is 47.5 Å². The quantitative estimate of drug-likeness (QED) is 0.627. The lowest BCUT2D eigenvalue weighted by Crippen LogP contribution is -3.08. The monoisotopic (exact) mass is 413 g/mol. The lowest BCUT2D eigenvalue weighted by molar-refractivity contribution is -0.901. The van der Waals surface area contributed by atoms with Crippen molar-refractivity contribution in [2.75, 3.05) is 38.2 Å². The van der Waals surface area contributed by atoms with E-state index < -0.39 is 0 Å². The van der Waals surface area contributed by atoms with Gasteiger partial charge in [-0.25, -0.2) is 0 Å². The highest BCUT2D eigenvalue weighted by Crippen LogP contribution is 2.39. The molecule has 1 aliphatic rings. The minimum Gasteiger partial charge on any atom is -0.490 e. The predicted octanol–water partition coefficient (Wildman–Crippen LogP) is 3.31. The molecule has 1 aliphatic heterocycles. The van der Waals surface area contributed by atoms with Gasteiger partial charge in [-0.3, -0.25) is 4.79 Å². The highest BCUT2D eigenvalue weighted by atomic mass is 16.5. The molecule has 0 aromatic heterocycles. The first-order valence-corrected chi connectivity index (χ1v) is 10.9. The lowest BCUT2D eigenvalue weighted by Gasteiger charge is -2.17. The molecule has 3 rings (SSSR count). The number of carbonyl (C=O) groups excluding carboxylic acids is 1. The summed E-state index contributed by atoms with van der Waals surface area (Å²) in [6.45, 7) is 10.7. The third-order valence-corrected chi connectivity index (χ3v) is 5.15. The summed E-state index contributed by atoms with van der Waals surface area (Å²) >= 11 is 0. The Labute approximate surface area is 179 Å². The molecule has 0 saturated carbocycles. The Balaban J connectivity index is 1.74. The van der Waals surface area contributed by atoms with Crippen LogP contribution in [0.25, 0.3) is 0 Å². The number of amides is 1. The van der Waals surface area contributed by atoms with Crippen LogP contribution >= 0.6 is 0 Å². The molecular formula is C24H33N2O4+. The largest absolute Gasteiger partial charge is 0.490 e. The van der Waals surface area contributed by atoms with Crippen LogP contribution in [0, 0.1) is 0 Å². The number of likely N-dealkylation sites (tertiary alicyclic amines) is 1. The highest BCUT2D eigenvalue weighted by molar-refractivity contribution is 6.05. The molecule has 1 fully saturated rings. The summed E-state index contributed by atoms with van der Waals surface area (Å²) in [5.74, 6) is 1.35. The molecule has 0 atom stereocenters. The van der Waals surface area contributed by atoms with E-state index in [-0.39, 0.29) is 5.91 Å². The number of anilines is 1. The molecule has 30 heavy (non-hydrogen) atoms. The molecule has 1 amide bonds. The molecular weight excluding hydrogens is 380 g/mol. The van der Waals surface area contributed by atoms with E-state index in [1.165, 1.54) is 31.5 Å². The first kappa shape index (κ1) is 22.0. The molecule has 0 spiro atoms. The van der Waals surface area contributed by atoms with Gasteiger partial charge in [0.05, 0.1) is 32.9 Å². The maximum absolute atomic E-state index is 12.9. The van der Waals surface area contributed by atoms with Crippen LogP contribution in [-0.2, 0) is 6.54 Å². The van der Waals surface area contributed by atoms with E-state index in [1.807, 2.05) is 32.9 Å². The fourth-order valence-corrected chi connectivity index (χ4v) is 3.77. The van der Waals surface area contributed by atoms with Crippen LogP contribution < -0.4 is 24.4 Å². The van der Waals surface area contributed by atoms with Gasteiger partial charge in [0.2, 0.25) is 5.75 Å². The second-order valence-electron chi connectivity index (χ2n) is 7.39. The summed E-state index contributed by atoms with van der Waals surface area (Å²) in [6.07, 6.45) is 2.64. The highest BCUT2D eigenvalue weighted by Gasteiger charge is 2.19. The summed E-state index contributed by atoms with van der Waals surface area (Å²) in [6, 6.07) is 11.5. The summed E-state index contributed by atoms with van der Waals surface area (Å²) < 4.78 is 17.1. The molecule has 0 bridgehead atoms. The van der Waals surface area contributed by atoms with Crippen molar-refractivity contribution >= 4 is 11.6 Å². The Morgan fingerprint density at radius 3 is 2.00 bits per heavy atom. The zero-order chi connectivity index (χ0) is 21.3. The van der Waals surface area contributed by atoms with E-state index in [2.05, 4.69) is 17.4 Å². The molecule has 2 aromatic rings. The number of carbonyl (C=O) groups is 1. The van der Waals surface area contributed by atoms with Gasteiger partial charge in [0.15, 0.2) is 11.5 Å². The number of ether oxygens (including phenoxy) is 3. The Kier molecular flexibility index (Phi) is 7.97. The van der Waals surface area contributed by atoms with Crippen molar-refractivity contribution in [2.24, 2.45) is 0 Å². The number of benzene rings is 2. The molecule has 0 radical (unpaired) electrons. The Morgan fingerprint density at radius 2 is 1.47 bits per heavy atom. The van der Waals surface area contributed by atoms with Crippen molar-refractivity contribution in [1.82, 2.24) is 0 Å². The van der Waals surface area contributed by atoms with Crippen LogP contribution in [0.5, 0.6) is 17.2 Å². The molecule has 2 aromatic carbocycles. The van der Waals surface area contributed by atoms with Gasteiger partial charge in [-0.15, -0.1) is 0 Å². The van der Waals surface area contributed by atoms with E-state index in [0.29, 0.717) is 42.6 Å². The fraction of sp³-hybridized carbons (Fsp3) is 0.458. The van der Waals surface area contributed by atoms with Gasteiger partial charge in [-0.2, -0.15) is 0 Å². The maximum atomic E-state index is 12.9. The molecule has 0 aliphatic carbocycles. The van der Waals surface area contributed by atoms with Crippen LogP contribution in [-0.4, -0.2) is 38.8 Å². The minimum atomic E-state index is -0.210. The van der Waals surface area contributed by atoms with E-state index in [4.69, 9.17) is 14.2 Å². The molecule has 2 N–H and O–H groups in total. The molecule has 1 saturated heterocycles. The zero-order valence-corrected chi connectivity index (χ0v) is 18.3. The fourth-order valence-electron chi connectivity index (χ4n) is 3.77. The molecule has 6 nitrogen and oxygen atoms in total. The number of rotatable bonds is 10. The van der Waals surface area contributed by atoms with Crippen molar-refractivity contribution in [2.45, 2.75) is 40.2 Å². The number of quaternary nitrogens is 1. The Morgan fingerprint density at radius 1 is 0.900 bits per heavy atom. The number of nitrogens with one attached hydrogen (secondary N) is 2. The molecule has 0 unspecified atom stereocenters. The van der Waals surface area contributed by atoms with E-state index >= 15 is 0 Å². The second kappa shape index (κ2) is 10.9. The second-order valence-corrected chi connectivity index (χ2v) is 7.39. The average Bonchev–Trinajstić information content (AvgIpc) is 3.25.